The lowest BCUT2D eigenvalue weighted by atomic mass is 9.99. The van der Waals surface area contributed by atoms with E-state index >= 15 is 0 Å². The van der Waals surface area contributed by atoms with Crippen LogP contribution in [0.15, 0.2) is 0 Å². The Labute approximate surface area is 261 Å². The summed E-state index contributed by atoms with van der Waals surface area (Å²) in [5.74, 6) is 1.11. The van der Waals surface area contributed by atoms with E-state index in [0.29, 0.717) is 12.8 Å². The zero-order valence-corrected chi connectivity index (χ0v) is 28.6. The minimum absolute atomic E-state index is 0.0602. The van der Waals surface area contributed by atoms with Crippen molar-refractivity contribution in [2.75, 3.05) is 13.2 Å². The molecule has 0 amide bonds. The minimum atomic E-state index is -0.762. The van der Waals surface area contributed by atoms with Crippen LogP contribution in [-0.4, -0.2) is 36.4 Å². The Bertz CT molecular complexity index is 591. The normalized spacial score (nSPS) is 12.9. The van der Waals surface area contributed by atoms with E-state index < -0.39 is 6.10 Å². The standard InChI is InChI=1S/C37H72O5/c1-5-34(4)28-24-20-16-12-10-8-6-7-9-11-13-17-22-26-30-37(40)42-35(31-38)32-41-36(39)29-25-21-18-14-15-19-23-27-33(2)3/h33-35,38H,5-32H2,1-4H3/t34?,35-/m0/s1. The highest BCUT2D eigenvalue weighted by molar-refractivity contribution is 5.70. The fourth-order valence-electron chi connectivity index (χ4n) is 5.42. The molecule has 0 aliphatic carbocycles. The lowest BCUT2D eigenvalue weighted by molar-refractivity contribution is -0.161. The van der Waals surface area contributed by atoms with E-state index in [-0.39, 0.29) is 25.2 Å². The summed E-state index contributed by atoms with van der Waals surface area (Å²) in [6, 6.07) is 0. The molecule has 0 saturated heterocycles. The van der Waals surface area contributed by atoms with E-state index in [1.165, 1.54) is 116 Å². The fourth-order valence-corrected chi connectivity index (χ4v) is 5.42. The predicted octanol–water partition coefficient (Wildman–Crippen LogP) is 10.9. The van der Waals surface area contributed by atoms with Crippen LogP contribution in [0.5, 0.6) is 0 Å². The van der Waals surface area contributed by atoms with Crippen molar-refractivity contribution in [2.45, 2.75) is 201 Å². The highest BCUT2D eigenvalue weighted by Gasteiger charge is 2.16. The van der Waals surface area contributed by atoms with E-state index in [0.717, 1.165) is 50.4 Å². The highest BCUT2D eigenvalue weighted by atomic mass is 16.6. The third-order valence-corrected chi connectivity index (χ3v) is 8.62. The van der Waals surface area contributed by atoms with Gasteiger partial charge in [-0.05, 0) is 24.7 Å². The molecule has 0 bridgehead atoms. The van der Waals surface area contributed by atoms with Crippen molar-refractivity contribution in [3.8, 4) is 0 Å². The highest BCUT2D eigenvalue weighted by Crippen LogP contribution is 2.17. The topological polar surface area (TPSA) is 72.8 Å². The van der Waals surface area contributed by atoms with Crippen molar-refractivity contribution in [2.24, 2.45) is 11.8 Å². The smallest absolute Gasteiger partial charge is 0.306 e. The first-order valence-electron chi connectivity index (χ1n) is 18.3. The number of carbonyl (C=O) groups excluding carboxylic acids is 2. The molecule has 42 heavy (non-hydrogen) atoms. The van der Waals surface area contributed by atoms with Crippen LogP contribution in [0.2, 0.25) is 0 Å². The van der Waals surface area contributed by atoms with Gasteiger partial charge in [0, 0.05) is 12.8 Å². The number of unbranched alkanes of at least 4 members (excludes halogenated alkanes) is 19. The van der Waals surface area contributed by atoms with Gasteiger partial charge in [-0.1, -0.05) is 169 Å². The Morgan fingerprint density at radius 2 is 0.929 bits per heavy atom. The van der Waals surface area contributed by atoms with Crippen LogP contribution in [0.1, 0.15) is 195 Å². The molecule has 0 aromatic heterocycles. The number of carbonyl (C=O) groups is 2. The molecule has 0 fully saturated rings. The SMILES string of the molecule is CCC(C)CCCCCCCCCCCCCCCCC(=O)O[C@@H](CO)COC(=O)CCCCCCCCCC(C)C. The van der Waals surface area contributed by atoms with E-state index in [1.54, 1.807) is 0 Å². The second-order valence-corrected chi connectivity index (χ2v) is 13.4. The zero-order valence-electron chi connectivity index (χ0n) is 28.6. The van der Waals surface area contributed by atoms with Gasteiger partial charge < -0.3 is 14.6 Å². The van der Waals surface area contributed by atoms with Gasteiger partial charge in [0.1, 0.15) is 6.61 Å². The summed E-state index contributed by atoms with van der Waals surface area (Å²) >= 11 is 0. The van der Waals surface area contributed by atoms with Gasteiger partial charge in [-0.3, -0.25) is 9.59 Å². The van der Waals surface area contributed by atoms with E-state index in [9.17, 15) is 14.7 Å². The van der Waals surface area contributed by atoms with Gasteiger partial charge in [0.05, 0.1) is 6.61 Å². The van der Waals surface area contributed by atoms with E-state index in [2.05, 4.69) is 27.7 Å². The summed E-state index contributed by atoms with van der Waals surface area (Å²) in [7, 11) is 0. The average molecular weight is 597 g/mol. The van der Waals surface area contributed by atoms with Crippen molar-refractivity contribution in [1.29, 1.82) is 0 Å². The van der Waals surface area contributed by atoms with Crippen molar-refractivity contribution < 1.29 is 24.2 Å². The molecule has 0 aliphatic heterocycles. The van der Waals surface area contributed by atoms with Crippen LogP contribution in [0.3, 0.4) is 0 Å². The monoisotopic (exact) mass is 597 g/mol. The number of hydrogen-bond acceptors (Lipinski definition) is 5. The van der Waals surface area contributed by atoms with Crippen molar-refractivity contribution in [3.05, 3.63) is 0 Å². The van der Waals surface area contributed by atoms with Crippen molar-refractivity contribution in [3.63, 3.8) is 0 Å². The summed E-state index contributed by atoms with van der Waals surface area (Å²) in [6.07, 6.45) is 30.2. The maximum absolute atomic E-state index is 12.1. The Morgan fingerprint density at radius 1 is 0.548 bits per heavy atom. The van der Waals surface area contributed by atoms with Gasteiger partial charge in [-0.15, -0.1) is 0 Å². The summed E-state index contributed by atoms with van der Waals surface area (Å²) in [6.45, 7) is 8.82. The predicted molar refractivity (Wildman–Crippen MR) is 178 cm³/mol. The third kappa shape index (κ3) is 30.4. The summed E-state index contributed by atoms with van der Waals surface area (Å²) < 4.78 is 10.6. The second-order valence-electron chi connectivity index (χ2n) is 13.4. The average Bonchev–Trinajstić information content (AvgIpc) is 2.97. The minimum Gasteiger partial charge on any atom is -0.462 e. The molecule has 0 aromatic carbocycles. The van der Waals surface area contributed by atoms with Crippen molar-refractivity contribution >= 4 is 11.9 Å². The first kappa shape index (κ1) is 40.9. The first-order chi connectivity index (χ1) is 20.4. The van der Waals surface area contributed by atoms with Gasteiger partial charge in [-0.2, -0.15) is 0 Å². The van der Waals surface area contributed by atoms with Gasteiger partial charge >= 0.3 is 11.9 Å². The third-order valence-electron chi connectivity index (χ3n) is 8.62. The second kappa shape index (κ2) is 31.3. The van der Waals surface area contributed by atoms with Gasteiger partial charge in [-0.25, -0.2) is 0 Å². The molecule has 0 saturated carbocycles. The molecule has 0 spiro atoms. The molecular formula is C37H72O5. The molecule has 0 radical (unpaired) electrons. The molecule has 0 aliphatic rings. The molecule has 1 unspecified atom stereocenters. The molecule has 0 rings (SSSR count). The van der Waals surface area contributed by atoms with Gasteiger partial charge in [0.15, 0.2) is 6.10 Å². The number of rotatable bonds is 32. The van der Waals surface area contributed by atoms with E-state index in [4.69, 9.17) is 9.47 Å². The number of aliphatic hydroxyl groups is 1. The largest absolute Gasteiger partial charge is 0.462 e. The number of aliphatic hydroxyl groups excluding tert-OH is 1. The fraction of sp³-hybridized carbons (Fsp3) is 0.946. The molecule has 0 heterocycles. The number of hydrogen-bond donors (Lipinski definition) is 1. The Kier molecular flexibility index (Phi) is 30.5. The van der Waals surface area contributed by atoms with Gasteiger partial charge in [0.2, 0.25) is 0 Å². The van der Waals surface area contributed by atoms with Crippen LogP contribution < -0.4 is 0 Å². The first-order valence-corrected chi connectivity index (χ1v) is 18.3. The molecule has 0 aromatic rings. The quantitative estimate of drug-likeness (QED) is 0.0617. The number of ether oxygens (including phenoxy) is 2. The Balaban J connectivity index is 3.51. The van der Waals surface area contributed by atoms with E-state index in [1.807, 2.05) is 0 Å². The summed E-state index contributed by atoms with van der Waals surface area (Å²) in [5.41, 5.74) is 0. The Hall–Kier alpha value is -1.10. The lowest BCUT2D eigenvalue weighted by Gasteiger charge is -2.15. The van der Waals surface area contributed by atoms with Crippen LogP contribution in [0.4, 0.5) is 0 Å². The number of esters is 2. The van der Waals surface area contributed by atoms with Crippen LogP contribution in [0.25, 0.3) is 0 Å². The Morgan fingerprint density at radius 3 is 1.33 bits per heavy atom. The maximum Gasteiger partial charge on any atom is 0.306 e. The van der Waals surface area contributed by atoms with Crippen LogP contribution in [0, 0.1) is 11.8 Å². The molecule has 2 atom stereocenters. The van der Waals surface area contributed by atoms with Crippen LogP contribution in [-0.2, 0) is 19.1 Å². The zero-order chi connectivity index (χ0) is 31.1. The molecule has 5 heteroatoms. The summed E-state index contributed by atoms with van der Waals surface area (Å²) in [4.78, 5) is 24.1. The summed E-state index contributed by atoms with van der Waals surface area (Å²) in [5, 5.41) is 9.51. The maximum atomic E-state index is 12.1. The lowest BCUT2D eigenvalue weighted by Crippen LogP contribution is -2.28. The van der Waals surface area contributed by atoms with Crippen molar-refractivity contribution in [1.82, 2.24) is 0 Å². The molecule has 1 N–H and O–H groups in total. The molecule has 5 nitrogen and oxygen atoms in total. The molecule has 250 valence electrons. The molecular weight excluding hydrogens is 524 g/mol. The van der Waals surface area contributed by atoms with Gasteiger partial charge in [0.25, 0.3) is 0 Å². The van der Waals surface area contributed by atoms with Crippen LogP contribution >= 0.6 is 0 Å².